The Bertz CT molecular complexity index is 1120. The third-order valence-electron chi connectivity index (χ3n) is 6.11. The van der Waals surface area contributed by atoms with Crippen LogP contribution in [0.3, 0.4) is 0 Å². The van der Waals surface area contributed by atoms with Crippen LogP contribution >= 0.6 is 11.6 Å². The highest BCUT2D eigenvalue weighted by Crippen LogP contribution is 2.39. The Kier molecular flexibility index (Phi) is 6.77. The number of benzene rings is 3. The highest BCUT2D eigenvalue weighted by atomic mass is 35.5. The number of rotatable bonds is 5. The molecule has 0 aromatic heterocycles. The number of aliphatic carboxylic acids is 1. The van der Waals surface area contributed by atoms with Crippen molar-refractivity contribution in [2.75, 3.05) is 13.1 Å². The first kappa shape index (κ1) is 23.3. The smallest absolute Gasteiger partial charge is 0.417 e. The molecule has 3 aromatic rings. The SMILES string of the molecule is O=C(O)C1CCCN(C(c2ccc(-c3ccccc3)cc2)c2ccc(Cl)c(C(F)(F)F)c2)C1. The summed E-state index contributed by atoms with van der Waals surface area (Å²) in [5, 5.41) is 9.18. The van der Waals surface area contributed by atoms with Crippen LogP contribution in [0.5, 0.6) is 0 Å². The first-order valence-electron chi connectivity index (χ1n) is 10.7. The summed E-state index contributed by atoms with van der Waals surface area (Å²) in [7, 11) is 0. The van der Waals surface area contributed by atoms with Crippen molar-refractivity contribution in [3.05, 3.63) is 94.5 Å². The lowest BCUT2D eigenvalue weighted by Gasteiger charge is -2.38. The van der Waals surface area contributed by atoms with Gasteiger partial charge in [0.15, 0.2) is 0 Å². The number of likely N-dealkylation sites (tertiary alicyclic amines) is 1. The zero-order valence-electron chi connectivity index (χ0n) is 17.7. The van der Waals surface area contributed by atoms with Crippen LogP contribution in [0.1, 0.15) is 35.6 Å². The number of carboxylic acids is 1. The first-order chi connectivity index (χ1) is 15.7. The van der Waals surface area contributed by atoms with Crippen LogP contribution in [0.2, 0.25) is 5.02 Å². The minimum Gasteiger partial charge on any atom is -0.481 e. The Morgan fingerprint density at radius 2 is 1.61 bits per heavy atom. The Morgan fingerprint density at radius 1 is 0.970 bits per heavy atom. The van der Waals surface area contributed by atoms with Gasteiger partial charge in [0, 0.05) is 6.54 Å². The summed E-state index contributed by atoms with van der Waals surface area (Å²) in [4.78, 5) is 13.6. The lowest BCUT2D eigenvalue weighted by Crippen LogP contribution is -2.41. The van der Waals surface area contributed by atoms with Crippen molar-refractivity contribution in [1.82, 2.24) is 4.90 Å². The van der Waals surface area contributed by atoms with Crippen molar-refractivity contribution >= 4 is 17.6 Å². The molecular formula is C26H23ClF3NO2. The van der Waals surface area contributed by atoms with Gasteiger partial charge < -0.3 is 5.11 Å². The average molecular weight is 474 g/mol. The summed E-state index contributed by atoms with van der Waals surface area (Å²) in [6.07, 6.45) is -3.37. The van der Waals surface area contributed by atoms with Gasteiger partial charge in [0.25, 0.3) is 0 Å². The number of alkyl halides is 3. The molecule has 1 aliphatic rings. The van der Waals surface area contributed by atoms with Crippen molar-refractivity contribution in [3.8, 4) is 11.1 Å². The van der Waals surface area contributed by atoms with Crippen LogP contribution in [-0.4, -0.2) is 29.1 Å². The fourth-order valence-electron chi connectivity index (χ4n) is 4.48. The minimum absolute atomic E-state index is 0.268. The van der Waals surface area contributed by atoms with E-state index < -0.39 is 29.7 Å². The van der Waals surface area contributed by atoms with Crippen LogP contribution < -0.4 is 0 Å². The average Bonchev–Trinajstić information content (AvgIpc) is 2.81. The summed E-state index contributed by atoms with van der Waals surface area (Å²) in [5.41, 5.74) is 2.38. The van der Waals surface area contributed by atoms with Gasteiger partial charge in [-0.2, -0.15) is 13.2 Å². The molecular weight excluding hydrogens is 451 g/mol. The number of carbonyl (C=O) groups is 1. The van der Waals surface area contributed by atoms with Crippen LogP contribution in [0.4, 0.5) is 13.2 Å². The molecule has 0 spiro atoms. The van der Waals surface area contributed by atoms with Crippen LogP contribution in [-0.2, 0) is 11.0 Å². The molecule has 0 amide bonds. The van der Waals surface area contributed by atoms with Gasteiger partial charge in [-0.25, -0.2) is 0 Å². The topological polar surface area (TPSA) is 40.5 Å². The van der Waals surface area contributed by atoms with Gasteiger partial charge in [-0.1, -0.05) is 72.3 Å². The Hall–Kier alpha value is -2.83. The van der Waals surface area contributed by atoms with Gasteiger partial charge >= 0.3 is 12.1 Å². The molecule has 0 aliphatic carbocycles. The van der Waals surface area contributed by atoms with Crippen LogP contribution in [0.25, 0.3) is 11.1 Å². The van der Waals surface area contributed by atoms with Gasteiger partial charge in [-0.15, -0.1) is 0 Å². The van der Waals surface area contributed by atoms with E-state index in [2.05, 4.69) is 0 Å². The van der Waals surface area contributed by atoms with Crippen molar-refractivity contribution in [3.63, 3.8) is 0 Å². The predicted octanol–water partition coefficient (Wildman–Crippen LogP) is 6.91. The molecule has 4 rings (SSSR count). The summed E-state index contributed by atoms with van der Waals surface area (Å²) >= 11 is 5.86. The number of piperidine rings is 1. The maximum absolute atomic E-state index is 13.6. The van der Waals surface area contributed by atoms with Crippen molar-refractivity contribution in [2.45, 2.75) is 25.1 Å². The third kappa shape index (κ3) is 5.23. The van der Waals surface area contributed by atoms with Gasteiger partial charge in [-0.3, -0.25) is 9.69 Å². The van der Waals surface area contributed by atoms with E-state index in [-0.39, 0.29) is 11.6 Å². The number of halogens is 4. The summed E-state index contributed by atoms with van der Waals surface area (Å²) in [6.45, 7) is 0.864. The molecule has 0 bridgehead atoms. The summed E-state index contributed by atoms with van der Waals surface area (Å²) in [5.74, 6) is -1.44. The zero-order valence-corrected chi connectivity index (χ0v) is 18.5. The normalized spacial score (nSPS) is 18.1. The molecule has 1 heterocycles. The lowest BCUT2D eigenvalue weighted by molar-refractivity contribution is -0.143. The van der Waals surface area contributed by atoms with Gasteiger partial charge in [0.1, 0.15) is 0 Å². The van der Waals surface area contributed by atoms with Gasteiger partial charge in [0.05, 0.1) is 22.5 Å². The Balaban J connectivity index is 1.76. The highest BCUT2D eigenvalue weighted by Gasteiger charge is 2.36. The van der Waals surface area contributed by atoms with Gasteiger partial charge in [-0.05, 0) is 53.8 Å². The van der Waals surface area contributed by atoms with E-state index in [4.69, 9.17) is 11.6 Å². The molecule has 7 heteroatoms. The molecule has 1 saturated heterocycles. The number of hydrogen-bond donors (Lipinski definition) is 1. The van der Waals surface area contributed by atoms with Crippen molar-refractivity contribution in [2.24, 2.45) is 5.92 Å². The Morgan fingerprint density at radius 3 is 2.24 bits per heavy atom. The molecule has 0 radical (unpaired) electrons. The molecule has 0 saturated carbocycles. The summed E-state index contributed by atoms with van der Waals surface area (Å²) in [6, 6.07) is 20.9. The van der Waals surface area contributed by atoms with E-state index in [9.17, 15) is 23.1 Å². The molecule has 1 N–H and O–H groups in total. The molecule has 33 heavy (non-hydrogen) atoms. The fraction of sp³-hybridized carbons (Fsp3) is 0.269. The number of nitrogens with zero attached hydrogens (tertiary/aromatic N) is 1. The molecule has 2 unspecified atom stereocenters. The maximum atomic E-state index is 13.6. The molecule has 1 fully saturated rings. The van der Waals surface area contributed by atoms with Crippen molar-refractivity contribution in [1.29, 1.82) is 0 Å². The predicted molar refractivity (Wildman–Crippen MR) is 122 cm³/mol. The van der Waals surface area contributed by atoms with E-state index >= 15 is 0 Å². The molecule has 2 atom stereocenters. The number of carboxylic acid groups (broad SMARTS) is 1. The maximum Gasteiger partial charge on any atom is 0.417 e. The second-order valence-electron chi connectivity index (χ2n) is 8.30. The first-order valence-corrected chi connectivity index (χ1v) is 11.1. The fourth-order valence-corrected chi connectivity index (χ4v) is 4.70. The molecule has 1 aliphatic heterocycles. The largest absolute Gasteiger partial charge is 0.481 e. The van der Waals surface area contributed by atoms with Crippen molar-refractivity contribution < 1.29 is 23.1 Å². The van der Waals surface area contributed by atoms with E-state index in [0.717, 1.165) is 22.8 Å². The second-order valence-corrected chi connectivity index (χ2v) is 8.71. The third-order valence-corrected chi connectivity index (χ3v) is 6.44. The standard InChI is InChI=1S/C26H23ClF3NO2/c27-23-13-12-20(15-22(23)26(28,29)30)24(31-14-4-7-21(16-31)25(32)33)19-10-8-18(9-11-19)17-5-2-1-3-6-17/h1-3,5-6,8-13,15,21,24H,4,7,14,16H2,(H,32,33). The van der Waals surface area contributed by atoms with E-state index in [1.54, 1.807) is 6.07 Å². The quantitative estimate of drug-likeness (QED) is 0.437. The zero-order chi connectivity index (χ0) is 23.6. The molecule has 3 aromatic carbocycles. The Labute approximate surface area is 195 Å². The van der Waals surface area contributed by atoms with Crippen LogP contribution in [0.15, 0.2) is 72.8 Å². The van der Waals surface area contributed by atoms with E-state index in [1.165, 1.54) is 6.07 Å². The summed E-state index contributed by atoms with van der Waals surface area (Å²) < 4.78 is 40.7. The second kappa shape index (κ2) is 9.57. The monoisotopic (exact) mass is 473 g/mol. The van der Waals surface area contributed by atoms with E-state index in [0.29, 0.717) is 24.9 Å². The number of hydrogen-bond acceptors (Lipinski definition) is 2. The highest BCUT2D eigenvalue weighted by molar-refractivity contribution is 6.31. The molecule has 3 nitrogen and oxygen atoms in total. The van der Waals surface area contributed by atoms with Crippen LogP contribution in [0, 0.1) is 5.92 Å². The van der Waals surface area contributed by atoms with Gasteiger partial charge in [0.2, 0.25) is 0 Å². The lowest BCUT2D eigenvalue weighted by atomic mass is 9.90. The van der Waals surface area contributed by atoms with E-state index in [1.807, 2.05) is 59.5 Å². The molecule has 172 valence electrons. The minimum atomic E-state index is -4.58.